The van der Waals surface area contributed by atoms with E-state index in [2.05, 4.69) is 71.6 Å². The standard InChI is InChI=1S/C25H25N5/c1-17-20(15-26)24-27-21-11-7-8-12-22(21)30(24)25(23(17)18-9-5-4-6-10-18)29-14-13-19(16-29)28(2)3/h4-12,19H,13-14,16H2,1-3H3/t19-/m0/s1. The van der Waals surface area contributed by atoms with E-state index in [0.717, 1.165) is 58.7 Å². The lowest BCUT2D eigenvalue weighted by atomic mass is 9.97. The van der Waals surface area contributed by atoms with E-state index in [-0.39, 0.29) is 0 Å². The molecule has 1 aliphatic rings. The van der Waals surface area contributed by atoms with Gasteiger partial charge in [0, 0.05) is 24.7 Å². The molecule has 0 N–H and O–H groups in total. The van der Waals surface area contributed by atoms with Crippen LogP contribution in [0.1, 0.15) is 17.5 Å². The van der Waals surface area contributed by atoms with Gasteiger partial charge >= 0.3 is 0 Å². The van der Waals surface area contributed by atoms with Crippen LogP contribution in [0.25, 0.3) is 27.8 Å². The molecular weight excluding hydrogens is 370 g/mol. The number of nitrogens with zero attached hydrogens (tertiary/aromatic N) is 5. The van der Waals surface area contributed by atoms with Crippen molar-refractivity contribution < 1.29 is 0 Å². The maximum absolute atomic E-state index is 10.1. The number of benzene rings is 2. The summed E-state index contributed by atoms with van der Waals surface area (Å²) in [6.07, 6.45) is 1.12. The predicted octanol–water partition coefficient (Wildman–Crippen LogP) is 4.47. The first kappa shape index (κ1) is 18.7. The molecule has 0 aliphatic carbocycles. The fourth-order valence-corrected chi connectivity index (χ4v) is 4.72. The van der Waals surface area contributed by atoms with E-state index in [1.807, 2.05) is 24.3 Å². The van der Waals surface area contributed by atoms with Gasteiger partial charge in [-0.15, -0.1) is 0 Å². The van der Waals surface area contributed by atoms with Crippen LogP contribution >= 0.6 is 0 Å². The van der Waals surface area contributed by atoms with E-state index in [1.54, 1.807) is 0 Å². The molecule has 5 rings (SSSR count). The molecule has 0 spiro atoms. The summed E-state index contributed by atoms with van der Waals surface area (Å²) in [6, 6.07) is 21.6. The Morgan fingerprint density at radius 2 is 1.80 bits per heavy atom. The molecule has 30 heavy (non-hydrogen) atoms. The van der Waals surface area contributed by atoms with Gasteiger partial charge in [-0.2, -0.15) is 5.26 Å². The minimum Gasteiger partial charge on any atom is -0.356 e. The molecule has 1 atom stereocenters. The molecule has 1 saturated heterocycles. The quantitative estimate of drug-likeness (QED) is 0.513. The van der Waals surface area contributed by atoms with Crippen molar-refractivity contribution in [3.8, 4) is 17.2 Å². The van der Waals surface area contributed by atoms with Gasteiger partial charge in [0.25, 0.3) is 0 Å². The minimum atomic E-state index is 0.509. The number of hydrogen-bond acceptors (Lipinski definition) is 4. The maximum Gasteiger partial charge on any atom is 0.157 e. The monoisotopic (exact) mass is 395 g/mol. The zero-order chi connectivity index (χ0) is 20.8. The Bertz CT molecular complexity index is 1280. The molecule has 0 saturated carbocycles. The van der Waals surface area contributed by atoms with E-state index in [4.69, 9.17) is 4.98 Å². The van der Waals surface area contributed by atoms with Gasteiger partial charge in [-0.25, -0.2) is 4.98 Å². The van der Waals surface area contributed by atoms with Crippen LogP contribution in [0.15, 0.2) is 54.6 Å². The third-order valence-electron chi connectivity index (χ3n) is 6.34. The Morgan fingerprint density at radius 3 is 2.50 bits per heavy atom. The van der Waals surface area contributed by atoms with Gasteiger partial charge in [-0.05, 0) is 50.7 Å². The average molecular weight is 396 g/mol. The van der Waals surface area contributed by atoms with Crippen molar-refractivity contribution in [3.63, 3.8) is 0 Å². The lowest BCUT2D eigenvalue weighted by Crippen LogP contribution is -2.32. The molecule has 0 unspecified atom stereocenters. The van der Waals surface area contributed by atoms with Crippen molar-refractivity contribution in [1.29, 1.82) is 5.26 Å². The minimum absolute atomic E-state index is 0.509. The molecule has 0 bridgehead atoms. The fraction of sp³-hybridized carbons (Fsp3) is 0.280. The lowest BCUT2D eigenvalue weighted by molar-refractivity contribution is 0.315. The Morgan fingerprint density at radius 1 is 1.07 bits per heavy atom. The second kappa shape index (κ2) is 7.16. The summed E-state index contributed by atoms with van der Waals surface area (Å²) in [5, 5.41) is 10.1. The molecule has 4 aromatic rings. The zero-order valence-electron chi connectivity index (χ0n) is 17.6. The number of pyridine rings is 1. The van der Waals surface area contributed by atoms with E-state index >= 15 is 0 Å². The molecular formula is C25H25N5. The molecule has 0 amide bonds. The van der Waals surface area contributed by atoms with Gasteiger partial charge in [-0.1, -0.05) is 42.5 Å². The highest BCUT2D eigenvalue weighted by atomic mass is 15.3. The molecule has 1 aliphatic heterocycles. The predicted molar refractivity (Wildman–Crippen MR) is 122 cm³/mol. The van der Waals surface area contributed by atoms with E-state index in [0.29, 0.717) is 11.6 Å². The summed E-state index contributed by atoms with van der Waals surface area (Å²) in [5.74, 6) is 1.14. The number of rotatable bonds is 3. The number of imidazole rings is 1. The number of aromatic nitrogens is 2. The summed E-state index contributed by atoms with van der Waals surface area (Å²) in [7, 11) is 4.30. The van der Waals surface area contributed by atoms with Crippen molar-refractivity contribution in [2.75, 3.05) is 32.1 Å². The summed E-state index contributed by atoms with van der Waals surface area (Å²) in [6.45, 7) is 4.00. The van der Waals surface area contributed by atoms with E-state index in [9.17, 15) is 5.26 Å². The largest absolute Gasteiger partial charge is 0.356 e. The van der Waals surface area contributed by atoms with Gasteiger partial charge in [-0.3, -0.25) is 4.40 Å². The molecule has 5 heteroatoms. The highest BCUT2D eigenvalue weighted by Gasteiger charge is 2.30. The van der Waals surface area contributed by atoms with E-state index in [1.165, 1.54) is 0 Å². The van der Waals surface area contributed by atoms with Gasteiger partial charge in [0.1, 0.15) is 11.9 Å². The molecule has 150 valence electrons. The van der Waals surface area contributed by atoms with Crippen LogP contribution in [0.3, 0.4) is 0 Å². The highest BCUT2D eigenvalue weighted by Crippen LogP contribution is 2.40. The van der Waals surface area contributed by atoms with Gasteiger partial charge in [0.05, 0.1) is 16.6 Å². The molecule has 2 aromatic heterocycles. The number of likely N-dealkylation sites (N-methyl/N-ethyl adjacent to an activating group) is 1. The Kier molecular flexibility index (Phi) is 4.45. The normalized spacial score (nSPS) is 16.6. The molecule has 5 nitrogen and oxygen atoms in total. The van der Waals surface area contributed by atoms with Gasteiger partial charge in [0.2, 0.25) is 0 Å². The van der Waals surface area contributed by atoms with Crippen molar-refractivity contribution >= 4 is 22.5 Å². The second-order valence-electron chi connectivity index (χ2n) is 8.29. The Hall–Kier alpha value is -3.36. The first-order chi connectivity index (χ1) is 14.6. The Balaban J connectivity index is 1.91. The van der Waals surface area contributed by atoms with E-state index < -0.39 is 0 Å². The molecule has 1 fully saturated rings. The van der Waals surface area contributed by atoms with Crippen LogP contribution in [-0.4, -0.2) is 47.5 Å². The first-order valence-corrected chi connectivity index (χ1v) is 10.4. The maximum atomic E-state index is 10.1. The summed E-state index contributed by atoms with van der Waals surface area (Å²) < 4.78 is 2.21. The van der Waals surface area contributed by atoms with Crippen molar-refractivity contribution in [2.45, 2.75) is 19.4 Å². The van der Waals surface area contributed by atoms with Crippen molar-refractivity contribution in [3.05, 3.63) is 65.7 Å². The number of anilines is 1. The SMILES string of the molecule is Cc1c(-c2ccccc2)c(N2CC[C@H](N(C)C)C2)n2c(nc3ccccc32)c1C#N. The van der Waals surface area contributed by atoms with Gasteiger partial charge < -0.3 is 9.80 Å². The van der Waals surface area contributed by atoms with Crippen LogP contribution in [0.5, 0.6) is 0 Å². The summed E-state index contributed by atoms with van der Waals surface area (Å²) in [4.78, 5) is 9.65. The van der Waals surface area contributed by atoms with Crippen molar-refractivity contribution in [1.82, 2.24) is 14.3 Å². The molecule has 0 radical (unpaired) electrons. The topological polar surface area (TPSA) is 47.6 Å². The van der Waals surface area contributed by atoms with Crippen molar-refractivity contribution in [2.24, 2.45) is 0 Å². The fourth-order valence-electron chi connectivity index (χ4n) is 4.72. The summed E-state index contributed by atoms with van der Waals surface area (Å²) in [5.41, 5.74) is 6.62. The number of hydrogen-bond donors (Lipinski definition) is 0. The number of nitriles is 1. The highest BCUT2D eigenvalue weighted by molar-refractivity contribution is 5.92. The average Bonchev–Trinajstić information content (AvgIpc) is 3.39. The van der Waals surface area contributed by atoms with Crippen LogP contribution in [0, 0.1) is 18.3 Å². The first-order valence-electron chi connectivity index (χ1n) is 10.4. The third kappa shape index (κ3) is 2.76. The van der Waals surface area contributed by atoms with Crippen LogP contribution < -0.4 is 4.90 Å². The van der Waals surface area contributed by atoms with Crippen LogP contribution in [0.4, 0.5) is 5.82 Å². The second-order valence-corrected chi connectivity index (χ2v) is 8.29. The summed E-state index contributed by atoms with van der Waals surface area (Å²) >= 11 is 0. The van der Waals surface area contributed by atoms with Crippen LogP contribution in [-0.2, 0) is 0 Å². The van der Waals surface area contributed by atoms with Crippen LogP contribution in [0.2, 0.25) is 0 Å². The number of para-hydroxylation sites is 2. The Labute approximate surface area is 176 Å². The number of fused-ring (bicyclic) bond motifs is 3. The molecule has 2 aromatic carbocycles. The lowest BCUT2D eigenvalue weighted by Gasteiger charge is -2.27. The smallest absolute Gasteiger partial charge is 0.157 e. The van der Waals surface area contributed by atoms with Gasteiger partial charge in [0.15, 0.2) is 5.65 Å². The third-order valence-corrected chi connectivity index (χ3v) is 6.34. The zero-order valence-corrected chi connectivity index (χ0v) is 17.6. The molecule has 3 heterocycles.